The molecule has 228 valence electrons. The van der Waals surface area contributed by atoms with Crippen LogP contribution in [0.3, 0.4) is 0 Å². The Balaban J connectivity index is 1.17. The van der Waals surface area contributed by atoms with Crippen LogP contribution in [0.5, 0.6) is 11.5 Å². The van der Waals surface area contributed by atoms with E-state index in [1.54, 1.807) is 24.1 Å². The summed E-state index contributed by atoms with van der Waals surface area (Å²) in [7, 11) is 5.29. The van der Waals surface area contributed by atoms with E-state index in [2.05, 4.69) is 11.9 Å². The molecule has 1 aromatic carbocycles. The largest absolute Gasteiger partial charge is 0.496 e. The molecule has 1 aliphatic rings. The van der Waals surface area contributed by atoms with Crippen LogP contribution in [0.4, 0.5) is 0 Å². The van der Waals surface area contributed by atoms with Crippen molar-refractivity contribution in [1.82, 2.24) is 9.80 Å². The van der Waals surface area contributed by atoms with E-state index in [-0.39, 0.29) is 31.2 Å². The molecule has 0 bridgehead atoms. The topological polar surface area (TPSA) is 97.8 Å². The van der Waals surface area contributed by atoms with Gasteiger partial charge in [0, 0.05) is 47.6 Å². The standard InChI is InChI=1S/C30H37ClN2O7S2/c1-32(12-13-33(2)28(35)19-38-25-17-24(37-3)20(18-34)16-23(25)31)21-8-10-22(11-9-21)39-40-30(36)29(26-6-4-14-41-26)27-7-5-15-42-27/h4-7,14-17,21-22,29,34H,8-13,18-19H2,1-3H3. The van der Waals surface area contributed by atoms with Crippen LogP contribution < -0.4 is 9.47 Å². The van der Waals surface area contributed by atoms with Gasteiger partial charge in [0.25, 0.3) is 5.91 Å². The summed E-state index contributed by atoms with van der Waals surface area (Å²) in [6, 6.07) is 11.2. The summed E-state index contributed by atoms with van der Waals surface area (Å²) in [6.07, 6.45) is 3.25. The van der Waals surface area contributed by atoms with Gasteiger partial charge in [-0.05, 0) is 61.7 Å². The highest BCUT2D eigenvalue weighted by molar-refractivity contribution is 7.11. The number of aliphatic hydroxyl groups excluding tert-OH is 1. The van der Waals surface area contributed by atoms with Crippen LogP contribution in [0, 0.1) is 0 Å². The van der Waals surface area contributed by atoms with E-state index < -0.39 is 5.92 Å². The maximum atomic E-state index is 13.0. The van der Waals surface area contributed by atoms with Crippen molar-refractivity contribution in [1.29, 1.82) is 0 Å². The summed E-state index contributed by atoms with van der Waals surface area (Å²) >= 11 is 9.30. The van der Waals surface area contributed by atoms with Crippen molar-refractivity contribution in [2.45, 2.75) is 50.4 Å². The molecule has 0 atom stereocenters. The van der Waals surface area contributed by atoms with Gasteiger partial charge in [-0.1, -0.05) is 23.7 Å². The van der Waals surface area contributed by atoms with Crippen LogP contribution in [0.2, 0.25) is 5.02 Å². The first-order chi connectivity index (χ1) is 20.3. The number of amides is 1. The zero-order chi connectivity index (χ0) is 30.1. The van der Waals surface area contributed by atoms with Gasteiger partial charge in [0.1, 0.15) is 23.5 Å². The average Bonchev–Trinajstić information content (AvgIpc) is 3.74. The summed E-state index contributed by atoms with van der Waals surface area (Å²) in [5, 5.41) is 13.6. The zero-order valence-electron chi connectivity index (χ0n) is 24.0. The molecule has 0 unspecified atom stereocenters. The van der Waals surface area contributed by atoms with Gasteiger partial charge in [-0.15, -0.1) is 22.7 Å². The molecular weight excluding hydrogens is 600 g/mol. The minimum Gasteiger partial charge on any atom is -0.496 e. The quantitative estimate of drug-likeness (QED) is 0.187. The summed E-state index contributed by atoms with van der Waals surface area (Å²) in [5.74, 6) is -0.267. The van der Waals surface area contributed by atoms with Gasteiger partial charge < -0.3 is 24.4 Å². The third-order valence-electron chi connectivity index (χ3n) is 7.49. The number of benzene rings is 1. The molecule has 0 aliphatic heterocycles. The Morgan fingerprint density at radius 2 is 1.69 bits per heavy atom. The Morgan fingerprint density at radius 3 is 2.26 bits per heavy atom. The number of methoxy groups -OCH3 is 1. The Hall–Kier alpha value is -2.67. The molecule has 1 saturated carbocycles. The lowest BCUT2D eigenvalue weighted by atomic mass is 9.92. The van der Waals surface area contributed by atoms with Crippen LogP contribution in [0.1, 0.15) is 46.9 Å². The number of likely N-dealkylation sites (N-methyl/N-ethyl adjacent to an activating group) is 2. The van der Waals surface area contributed by atoms with E-state index in [0.29, 0.717) is 41.2 Å². The molecule has 4 rings (SSSR count). The van der Waals surface area contributed by atoms with E-state index in [0.717, 1.165) is 35.4 Å². The van der Waals surface area contributed by atoms with Crippen LogP contribution >= 0.6 is 34.3 Å². The molecule has 3 aromatic rings. The smallest absolute Gasteiger partial charge is 0.355 e. The first kappa shape index (κ1) is 32.2. The number of nitrogens with zero attached hydrogens (tertiary/aromatic N) is 2. The van der Waals surface area contributed by atoms with Crippen LogP contribution in [-0.2, 0) is 26.0 Å². The van der Waals surface area contributed by atoms with Gasteiger partial charge in [-0.3, -0.25) is 9.68 Å². The molecule has 9 nitrogen and oxygen atoms in total. The van der Waals surface area contributed by atoms with Crippen LogP contribution in [0.15, 0.2) is 47.2 Å². The van der Waals surface area contributed by atoms with Crippen molar-refractivity contribution in [3.05, 3.63) is 67.5 Å². The maximum absolute atomic E-state index is 13.0. The van der Waals surface area contributed by atoms with Crippen molar-refractivity contribution < 1.29 is 33.9 Å². The molecular formula is C30H37ClN2O7S2. The summed E-state index contributed by atoms with van der Waals surface area (Å²) in [6.45, 7) is 0.867. The molecule has 1 N–H and O–H groups in total. The van der Waals surface area contributed by atoms with Crippen molar-refractivity contribution in [3.63, 3.8) is 0 Å². The summed E-state index contributed by atoms with van der Waals surface area (Å²) < 4.78 is 10.9. The highest BCUT2D eigenvalue weighted by atomic mass is 35.5. The fraction of sp³-hybridized carbons (Fsp3) is 0.467. The van der Waals surface area contributed by atoms with E-state index in [9.17, 15) is 14.7 Å². The Labute approximate surface area is 259 Å². The number of thiophene rings is 2. The monoisotopic (exact) mass is 636 g/mol. The van der Waals surface area contributed by atoms with E-state index in [1.807, 2.05) is 35.0 Å². The van der Waals surface area contributed by atoms with Crippen LogP contribution in [0.25, 0.3) is 0 Å². The Kier molecular flexibility index (Phi) is 12.1. The summed E-state index contributed by atoms with van der Waals surface area (Å²) in [4.78, 5) is 42.4. The Bertz CT molecular complexity index is 1250. The molecule has 1 amide bonds. The lowest BCUT2D eigenvalue weighted by molar-refractivity contribution is -0.303. The molecule has 1 fully saturated rings. The van der Waals surface area contributed by atoms with Crippen molar-refractivity contribution in [3.8, 4) is 11.5 Å². The number of hydrogen-bond acceptors (Lipinski definition) is 10. The second-order valence-corrected chi connectivity index (χ2v) is 12.6. The molecule has 12 heteroatoms. The second kappa shape index (κ2) is 15.7. The van der Waals surface area contributed by atoms with E-state index in [4.69, 9.17) is 30.8 Å². The molecule has 0 radical (unpaired) electrons. The third-order valence-corrected chi connectivity index (χ3v) is 9.66. The minimum atomic E-state index is -0.468. The van der Waals surface area contributed by atoms with Gasteiger partial charge in [0.05, 0.1) is 18.7 Å². The van der Waals surface area contributed by atoms with Gasteiger partial charge >= 0.3 is 5.97 Å². The first-order valence-corrected chi connectivity index (χ1v) is 15.9. The SMILES string of the molecule is COc1cc(OCC(=O)N(C)CCN(C)C2CCC(OOC(=O)C(c3cccs3)c3cccs3)CC2)c(Cl)cc1CO. The molecule has 0 spiro atoms. The fourth-order valence-electron chi connectivity index (χ4n) is 4.89. The number of halogens is 1. The van der Waals surface area contributed by atoms with Crippen LogP contribution in [-0.4, -0.2) is 79.8 Å². The molecule has 2 aromatic heterocycles. The van der Waals surface area contributed by atoms with E-state index >= 15 is 0 Å². The number of carbonyl (C=O) groups excluding carboxylic acids is 2. The number of hydrogen-bond donors (Lipinski definition) is 1. The number of rotatable bonds is 14. The van der Waals surface area contributed by atoms with E-state index in [1.165, 1.54) is 29.8 Å². The summed E-state index contributed by atoms with van der Waals surface area (Å²) in [5.41, 5.74) is 0.542. The number of aliphatic hydroxyl groups is 1. The highest BCUT2D eigenvalue weighted by Crippen LogP contribution is 2.34. The molecule has 42 heavy (non-hydrogen) atoms. The minimum absolute atomic E-state index is 0.135. The zero-order valence-corrected chi connectivity index (χ0v) is 26.4. The molecule has 0 saturated heterocycles. The predicted octanol–water partition coefficient (Wildman–Crippen LogP) is 5.35. The van der Waals surface area contributed by atoms with Crippen molar-refractivity contribution in [2.24, 2.45) is 0 Å². The van der Waals surface area contributed by atoms with Gasteiger partial charge in [-0.25, -0.2) is 4.79 Å². The van der Waals surface area contributed by atoms with Gasteiger partial charge in [0.2, 0.25) is 0 Å². The number of ether oxygens (including phenoxy) is 2. The van der Waals surface area contributed by atoms with Gasteiger partial charge in [0.15, 0.2) is 6.61 Å². The lowest BCUT2D eigenvalue weighted by Gasteiger charge is -2.34. The first-order valence-electron chi connectivity index (χ1n) is 13.8. The van der Waals surface area contributed by atoms with Crippen molar-refractivity contribution >= 4 is 46.2 Å². The maximum Gasteiger partial charge on any atom is 0.355 e. The average molecular weight is 637 g/mol. The normalized spacial score (nSPS) is 16.9. The lowest BCUT2D eigenvalue weighted by Crippen LogP contribution is -2.42. The predicted molar refractivity (Wildman–Crippen MR) is 163 cm³/mol. The molecule has 1 aliphatic carbocycles. The fourth-order valence-corrected chi connectivity index (χ4v) is 6.87. The third kappa shape index (κ3) is 8.46. The van der Waals surface area contributed by atoms with Crippen molar-refractivity contribution in [2.75, 3.05) is 40.9 Å². The molecule has 2 heterocycles. The second-order valence-electron chi connectivity index (χ2n) is 10.2. The van der Waals surface area contributed by atoms with Gasteiger partial charge in [-0.2, -0.15) is 4.89 Å². The Morgan fingerprint density at radius 1 is 1.02 bits per heavy atom. The number of carbonyl (C=O) groups is 2. The highest BCUT2D eigenvalue weighted by Gasteiger charge is 2.30.